The van der Waals surface area contributed by atoms with Crippen LogP contribution < -0.4 is 0 Å². The summed E-state index contributed by atoms with van der Waals surface area (Å²) in [6, 6.07) is 0. The SMILES string of the molecule is OC[C@H]1O[C@@H](C2CCC(Cl)C(CC3CCC(OCCOC4CC4)CC3)CC2)[C@H](O)[C@@H](O)[C@@H]1O. The van der Waals surface area contributed by atoms with E-state index in [1.54, 1.807) is 0 Å². The third kappa shape index (κ3) is 7.04. The van der Waals surface area contributed by atoms with Crippen LogP contribution in [0.3, 0.4) is 0 Å². The molecule has 0 amide bonds. The third-order valence-electron chi connectivity index (χ3n) is 8.37. The number of alkyl halides is 1. The lowest BCUT2D eigenvalue weighted by Gasteiger charge is -2.43. The van der Waals surface area contributed by atoms with Crippen LogP contribution in [0.2, 0.25) is 0 Å². The average Bonchev–Trinajstić information content (AvgIpc) is 3.66. The van der Waals surface area contributed by atoms with Gasteiger partial charge in [0.05, 0.1) is 38.1 Å². The van der Waals surface area contributed by atoms with Crippen LogP contribution in [0.5, 0.6) is 0 Å². The molecule has 0 radical (unpaired) electrons. The second kappa shape index (κ2) is 12.3. The predicted molar refractivity (Wildman–Crippen MR) is 124 cm³/mol. The summed E-state index contributed by atoms with van der Waals surface area (Å²) in [5.41, 5.74) is 0. The summed E-state index contributed by atoms with van der Waals surface area (Å²) < 4.78 is 17.5. The fraction of sp³-hybridized carbons (Fsp3) is 1.00. The molecular weight excluding hydrogens is 448 g/mol. The maximum absolute atomic E-state index is 10.5. The Labute approximate surface area is 202 Å². The molecule has 1 saturated heterocycles. The number of hydrogen-bond acceptors (Lipinski definition) is 7. The highest BCUT2D eigenvalue weighted by molar-refractivity contribution is 6.20. The Morgan fingerprint density at radius 1 is 0.727 bits per heavy atom. The predicted octanol–water partition coefficient (Wildman–Crippen LogP) is 2.39. The van der Waals surface area contributed by atoms with E-state index >= 15 is 0 Å². The van der Waals surface area contributed by atoms with Crippen LogP contribution >= 0.6 is 11.6 Å². The Morgan fingerprint density at radius 3 is 1.94 bits per heavy atom. The zero-order chi connectivity index (χ0) is 23.4. The first kappa shape index (κ1) is 26.1. The van der Waals surface area contributed by atoms with Crippen molar-refractivity contribution in [1.82, 2.24) is 0 Å². The minimum absolute atomic E-state index is 0.0597. The van der Waals surface area contributed by atoms with Crippen molar-refractivity contribution >= 4 is 11.6 Å². The standard InChI is InChI=1S/C25H43ClO7/c26-20-10-5-16(25-24(30)23(29)22(28)21(14-27)33-25)3-4-17(20)13-15-1-6-18(7-2-15)31-11-12-32-19-8-9-19/h15-25,27-30H,1-14H2/t15?,16?,17?,18?,20?,21-,22-,23+,24-,25+/m1/s1. The van der Waals surface area contributed by atoms with Gasteiger partial charge in [0, 0.05) is 5.38 Å². The van der Waals surface area contributed by atoms with E-state index in [0.29, 0.717) is 30.7 Å². The topological polar surface area (TPSA) is 109 Å². The second-order valence-corrected chi connectivity index (χ2v) is 11.4. The molecule has 4 aliphatic rings. The highest BCUT2D eigenvalue weighted by Gasteiger charge is 2.46. The van der Waals surface area contributed by atoms with Gasteiger partial charge >= 0.3 is 0 Å². The zero-order valence-corrected chi connectivity index (χ0v) is 20.4. The molecule has 8 heteroatoms. The molecule has 0 aromatic rings. The van der Waals surface area contributed by atoms with Crippen molar-refractivity contribution < 1.29 is 34.6 Å². The van der Waals surface area contributed by atoms with E-state index in [0.717, 1.165) is 51.6 Å². The Kier molecular flexibility index (Phi) is 9.73. The van der Waals surface area contributed by atoms with Gasteiger partial charge in [0.25, 0.3) is 0 Å². The van der Waals surface area contributed by atoms with E-state index in [4.69, 9.17) is 25.8 Å². The fourth-order valence-electron chi connectivity index (χ4n) is 6.10. The van der Waals surface area contributed by atoms with Crippen molar-refractivity contribution in [2.45, 2.75) is 119 Å². The fourth-order valence-corrected chi connectivity index (χ4v) is 6.46. The van der Waals surface area contributed by atoms with Crippen LogP contribution in [0.15, 0.2) is 0 Å². The lowest BCUT2D eigenvalue weighted by atomic mass is 9.79. The van der Waals surface area contributed by atoms with Crippen molar-refractivity contribution in [3.8, 4) is 0 Å². The molecule has 3 saturated carbocycles. The molecule has 1 heterocycles. The molecule has 4 N–H and O–H groups in total. The van der Waals surface area contributed by atoms with Crippen LogP contribution in [0.25, 0.3) is 0 Å². The van der Waals surface area contributed by atoms with Crippen LogP contribution in [-0.2, 0) is 14.2 Å². The summed E-state index contributed by atoms with van der Waals surface area (Å²) in [5, 5.41) is 40.4. The number of aliphatic hydroxyl groups excluding tert-OH is 4. The average molecular weight is 491 g/mol. The molecule has 0 aromatic carbocycles. The Balaban J connectivity index is 1.20. The van der Waals surface area contributed by atoms with Gasteiger partial charge in [-0.05, 0) is 88.4 Å². The minimum Gasteiger partial charge on any atom is -0.394 e. The molecule has 192 valence electrons. The van der Waals surface area contributed by atoms with E-state index in [1.165, 1.54) is 25.7 Å². The van der Waals surface area contributed by atoms with Crippen LogP contribution in [0.4, 0.5) is 0 Å². The molecule has 1 aliphatic heterocycles. The van der Waals surface area contributed by atoms with Gasteiger partial charge in [-0.15, -0.1) is 11.6 Å². The van der Waals surface area contributed by atoms with Crippen molar-refractivity contribution in [3.05, 3.63) is 0 Å². The molecule has 0 aromatic heterocycles. The minimum atomic E-state index is -1.30. The molecule has 3 aliphatic carbocycles. The van der Waals surface area contributed by atoms with Crippen LogP contribution in [0.1, 0.15) is 70.6 Å². The van der Waals surface area contributed by atoms with Gasteiger partial charge < -0.3 is 34.6 Å². The van der Waals surface area contributed by atoms with E-state index in [9.17, 15) is 20.4 Å². The maximum Gasteiger partial charge on any atom is 0.111 e. The molecule has 0 spiro atoms. The molecule has 4 fully saturated rings. The summed E-state index contributed by atoms with van der Waals surface area (Å²) in [6.07, 6.45) is 7.34. The van der Waals surface area contributed by atoms with Gasteiger partial charge in [-0.3, -0.25) is 0 Å². The van der Waals surface area contributed by atoms with Gasteiger partial charge in [0.15, 0.2) is 0 Å². The smallest absolute Gasteiger partial charge is 0.111 e. The number of hydrogen-bond donors (Lipinski definition) is 4. The Bertz CT molecular complexity index is 581. The van der Waals surface area contributed by atoms with Gasteiger partial charge in [0.2, 0.25) is 0 Å². The summed E-state index contributed by atoms with van der Waals surface area (Å²) in [4.78, 5) is 0. The van der Waals surface area contributed by atoms with Crippen LogP contribution in [-0.4, -0.2) is 88.4 Å². The number of aliphatic hydroxyl groups is 4. The lowest BCUT2D eigenvalue weighted by molar-refractivity contribution is -0.242. The van der Waals surface area contributed by atoms with Crippen molar-refractivity contribution in [3.63, 3.8) is 0 Å². The summed E-state index contributed by atoms with van der Waals surface area (Å²) in [6.45, 7) is 1.04. The lowest BCUT2D eigenvalue weighted by Crippen LogP contribution is -2.60. The molecular formula is C25H43ClO7. The van der Waals surface area contributed by atoms with Gasteiger partial charge in [-0.1, -0.05) is 0 Å². The highest BCUT2D eigenvalue weighted by atomic mass is 35.5. The molecule has 0 bridgehead atoms. The first-order valence-corrected chi connectivity index (χ1v) is 13.6. The number of ether oxygens (including phenoxy) is 3. The van der Waals surface area contributed by atoms with E-state index in [-0.39, 0.29) is 17.9 Å². The van der Waals surface area contributed by atoms with E-state index in [1.807, 2.05) is 0 Å². The molecule has 33 heavy (non-hydrogen) atoms. The normalized spacial score (nSPS) is 45.0. The van der Waals surface area contributed by atoms with Crippen molar-refractivity contribution in [1.29, 1.82) is 0 Å². The quantitative estimate of drug-likeness (QED) is 0.223. The van der Waals surface area contributed by atoms with E-state index < -0.39 is 30.5 Å². The zero-order valence-electron chi connectivity index (χ0n) is 19.6. The van der Waals surface area contributed by atoms with Gasteiger partial charge in [-0.2, -0.15) is 0 Å². The maximum atomic E-state index is 10.5. The second-order valence-electron chi connectivity index (χ2n) is 10.8. The molecule has 4 rings (SSSR count). The van der Waals surface area contributed by atoms with E-state index in [2.05, 4.69) is 0 Å². The summed E-state index contributed by atoms with van der Waals surface area (Å²) in [7, 11) is 0. The highest BCUT2D eigenvalue weighted by Crippen LogP contribution is 2.41. The molecule has 3 unspecified atom stereocenters. The Morgan fingerprint density at radius 2 is 1.33 bits per heavy atom. The van der Waals surface area contributed by atoms with Gasteiger partial charge in [-0.25, -0.2) is 0 Å². The number of halogens is 1. The third-order valence-corrected chi connectivity index (χ3v) is 8.95. The molecule has 7 nitrogen and oxygen atoms in total. The Hall–Kier alpha value is 0.01000. The first-order chi connectivity index (χ1) is 16.0. The summed E-state index contributed by atoms with van der Waals surface area (Å²) >= 11 is 6.83. The molecule has 8 atom stereocenters. The van der Waals surface area contributed by atoms with Gasteiger partial charge in [0.1, 0.15) is 24.4 Å². The van der Waals surface area contributed by atoms with Crippen LogP contribution in [0, 0.1) is 17.8 Å². The first-order valence-electron chi connectivity index (χ1n) is 13.1. The number of rotatable bonds is 9. The largest absolute Gasteiger partial charge is 0.394 e. The van der Waals surface area contributed by atoms with Crippen molar-refractivity contribution in [2.24, 2.45) is 17.8 Å². The van der Waals surface area contributed by atoms with Crippen molar-refractivity contribution in [2.75, 3.05) is 19.8 Å². The summed E-state index contributed by atoms with van der Waals surface area (Å²) in [5.74, 6) is 1.18. The monoisotopic (exact) mass is 490 g/mol.